The van der Waals surface area contributed by atoms with Gasteiger partial charge in [0.1, 0.15) is 0 Å². The van der Waals surface area contributed by atoms with E-state index in [1.165, 1.54) is 48.5 Å². The standard InChI is InChI=1S/C24H26N4O6/c1-23(2)18-12-13-24(23,3)20(26-22(30)15-6-10-17(11-7-15)28(33)34)19(18)25-21(29)14-4-8-16(9-5-14)27(31)32/h4-11,18-20H,12-13H2,1-3H3,(H,25,29)(H,26,30)/t18-,19+,20+,24-/m0/s1. The third-order valence-electron chi connectivity index (χ3n) is 8.12. The SMILES string of the molecule is CC1(C)[C@H]2CC[C@@]1(C)[C@H](NC(=O)c1ccc([N+](=O)[O-])cc1)[C@@H]2NC(=O)c1ccc([N+](=O)[O-])cc1. The molecule has 0 radical (unpaired) electrons. The van der Waals surface area contributed by atoms with Gasteiger partial charge in [0, 0.05) is 35.4 Å². The summed E-state index contributed by atoms with van der Waals surface area (Å²) >= 11 is 0. The van der Waals surface area contributed by atoms with Crippen LogP contribution in [0.4, 0.5) is 11.4 Å². The summed E-state index contributed by atoms with van der Waals surface area (Å²) in [7, 11) is 0. The summed E-state index contributed by atoms with van der Waals surface area (Å²) in [6.45, 7) is 6.41. The van der Waals surface area contributed by atoms with Crippen LogP contribution in [0.25, 0.3) is 0 Å². The van der Waals surface area contributed by atoms with Crippen LogP contribution in [0.2, 0.25) is 0 Å². The molecule has 0 saturated heterocycles. The Bertz CT molecular complexity index is 1160. The molecule has 2 bridgehead atoms. The Morgan fingerprint density at radius 3 is 1.71 bits per heavy atom. The molecule has 2 N–H and O–H groups in total. The lowest BCUT2D eigenvalue weighted by atomic mass is 9.69. The molecule has 0 aliphatic heterocycles. The van der Waals surface area contributed by atoms with Gasteiger partial charge in [-0.2, -0.15) is 0 Å². The highest BCUT2D eigenvalue weighted by molar-refractivity contribution is 5.96. The number of non-ortho nitro benzene ring substituents is 2. The number of nitro groups is 2. The van der Waals surface area contributed by atoms with Crippen molar-refractivity contribution in [2.24, 2.45) is 16.7 Å². The maximum absolute atomic E-state index is 13.1. The van der Waals surface area contributed by atoms with Gasteiger partial charge in [-0.1, -0.05) is 20.8 Å². The van der Waals surface area contributed by atoms with Gasteiger partial charge in [0.2, 0.25) is 0 Å². The minimum absolute atomic E-state index is 0.0987. The van der Waals surface area contributed by atoms with Crippen LogP contribution in [-0.2, 0) is 0 Å². The number of amides is 2. The fourth-order valence-corrected chi connectivity index (χ4v) is 5.74. The topological polar surface area (TPSA) is 144 Å². The molecule has 2 aliphatic rings. The predicted octanol–water partition coefficient (Wildman–Crippen LogP) is 3.86. The number of nitro benzene ring substituents is 2. The van der Waals surface area contributed by atoms with Crippen LogP contribution >= 0.6 is 0 Å². The van der Waals surface area contributed by atoms with E-state index in [1.54, 1.807) is 0 Å². The van der Waals surface area contributed by atoms with Crippen molar-refractivity contribution in [3.63, 3.8) is 0 Å². The predicted molar refractivity (Wildman–Crippen MR) is 123 cm³/mol. The van der Waals surface area contributed by atoms with Crippen molar-refractivity contribution in [2.75, 3.05) is 0 Å². The maximum Gasteiger partial charge on any atom is 0.269 e. The Hall–Kier alpha value is -3.82. The summed E-state index contributed by atoms with van der Waals surface area (Å²) in [6, 6.07) is 10.1. The van der Waals surface area contributed by atoms with Crippen LogP contribution in [0.3, 0.4) is 0 Å². The Morgan fingerprint density at radius 2 is 1.26 bits per heavy atom. The van der Waals surface area contributed by atoms with Crippen molar-refractivity contribution in [3.8, 4) is 0 Å². The molecule has 34 heavy (non-hydrogen) atoms. The normalized spacial score (nSPS) is 26.6. The lowest BCUT2D eigenvalue weighted by molar-refractivity contribution is -0.385. The highest BCUT2D eigenvalue weighted by Gasteiger charge is 2.66. The summed E-state index contributed by atoms with van der Waals surface area (Å²) in [5, 5.41) is 28.0. The molecular formula is C24H26N4O6. The second kappa shape index (κ2) is 8.19. The van der Waals surface area contributed by atoms with Crippen LogP contribution in [0.5, 0.6) is 0 Å². The second-order valence-corrected chi connectivity index (χ2v) is 9.84. The average Bonchev–Trinajstić information content (AvgIpc) is 3.12. The number of carbonyl (C=O) groups is 2. The van der Waals surface area contributed by atoms with Gasteiger partial charge in [0.15, 0.2) is 0 Å². The van der Waals surface area contributed by atoms with Crippen LogP contribution in [-0.4, -0.2) is 33.7 Å². The van der Waals surface area contributed by atoms with Gasteiger partial charge in [-0.15, -0.1) is 0 Å². The Morgan fingerprint density at radius 1 is 0.824 bits per heavy atom. The van der Waals surface area contributed by atoms with E-state index < -0.39 is 9.85 Å². The molecule has 0 spiro atoms. The molecule has 0 aromatic heterocycles. The molecule has 2 aromatic rings. The van der Waals surface area contributed by atoms with Crippen molar-refractivity contribution in [3.05, 3.63) is 79.9 Å². The first-order valence-corrected chi connectivity index (χ1v) is 11.1. The molecule has 2 saturated carbocycles. The van der Waals surface area contributed by atoms with Crippen molar-refractivity contribution in [1.82, 2.24) is 10.6 Å². The Labute approximate surface area is 196 Å². The van der Waals surface area contributed by atoms with E-state index in [1.807, 2.05) is 0 Å². The van der Waals surface area contributed by atoms with Gasteiger partial charge >= 0.3 is 0 Å². The van der Waals surface area contributed by atoms with Crippen LogP contribution < -0.4 is 10.6 Å². The fourth-order valence-electron chi connectivity index (χ4n) is 5.74. The molecule has 0 unspecified atom stereocenters. The second-order valence-electron chi connectivity index (χ2n) is 9.84. The maximum atomic E-state index is 13.1. The summed E-state index contributed by atoms with van der Waals surface area (Å²) < 4.78 is 0. The number of benzene rings is 2. The number of carbonyl (C=O) groups excluding carboxylic acids is 2. The Balaban J connectivity index is 1.57. The van der Waals surface area contributed by atoms with E-state index in [0.29, 0.717) is 11.1 Å². The lowest BCUT2D eigenvalue weighted by Gasteiger charge is -2.40. The van der Waals surface area contributed by atoms with E-state index in [0.717, 1.165) is 12.8 Å². The number of fused-ring (bicyclic) bond motifs is 2. The molecule has 4 atom stereocenters. The van der Waals surface area contributed by atoms with Gasteiger partial charge < -0.3 is 10.6 Å². The molecule has 2 aliphatic carbocycles. The van der Waals surface area contributed by atoms with Crippen LogP contribution in [0.15, 0.2) is 48.5 Å². The van der Waals surface area contributed by atoms with Crippen LogP contribution in [0.1, 0.15) is 54.3 Å². The van der Waals surface area contributed by atoms with Crippen molar-refractivity contribution < 1.29 is 19.4 Å². The minimum atomic E-state index is -0.523. The zero-order valence-electron chi connectivity index (χ0n) is 19.1. The zero-order valence-corrected chi connectivity index (χ0v) is 19.1. The summed E-state index contributed by atoms with van der Waals surface area (Å²) in [5.41, 5.74) is -0.0294. The molecule has 10 heteroatoms. The molecule has 2 aromatic carbocycles. The quantitative estimate of drug-likeness (QED) is 0.489. The number of nitrogens with zero attached hydrogens (tertiary/aromatic N) is 2. The van der Waals surface area contributed by atoms with E-state index >= 15 is 0 Å². The molecular weight excluding hydrogens is 440 g/mol. The zero-order chi connectivity index (χ0) is 24.8. The Kier molecular flexibility index (Phi) is 5.63. The van der Waals surface area contributed by atoms with E-state index in [9.17, 15) is 29.8 Å². The minimum Gasteiger partial charge on any atom is -0.347 e. The first-order valence-electron chi connectivity index (χ1n) is 11.1. The monoisotopic (exact) mass is 466 g/mol. The van der Waals surface area contributed by atoms with E-state index in [4.69, 9.17) is 0 Å². The molecule has 4 rings (SSSR count). The van der Waals surface area contributed by atoms with Gasteiger partial charge in [0.05, 0.1) is 21.9 Å². The van der Waals surface area contributed by atoms with Crippen molar-refractivity contribution >= 4 is 23.2 Å². The number of rotatable bonds is 6. The third-order valence-corrected chi connectivity index (χ3v) is 8.12. The lowest BCUT2D eigenvalue weighted by Crippen LogP contribution is -2.57. The van der Waals surface area contributed by atoms with Crippen molar-refractivity contribution in [1.29, 1.82) is 0 Å². The smallest absolute Gasteiger partial charge is 0.269 e. The summed E-state index contributed by atoms with van der Waals surface area (Å²) in [4.78, 5) is 46.8. The van der Waals surface area contributed by atoms with Crippen LogP contribution in [0, 0.1) is 37.0 Å². The van der Waals surface area contributed by atoms with E-state index in [-0.39, 0.29) is 52.0 Å². The van der Waals surface area contributed by atoms with Gasteiger partial charge in [-0.05, 0) is 53.9 Å². The van der Waals surface area contributed by atoms with Gasteiger partial charge in [0.25, 0.3) is 23.2 Å². The molecule has 10 nitrogen and oxygen atoms in total. The molecule has 2 amide bonds. The highest BCUT2D eigenvalue weighted by atomic mass is 16.6. The molecule has 2 fully saturated rings. The number of nitrogens with one attached hydrogen (secondary N) is 2. The van der Waals surface area contributed by atoms with Gasteiger partial charge in [-0.25, -0.2) is 0 Å². The average molecular weight is 466 g/mol. The third kappa shape index (κ3) is 3.68. The first kappa shape index (κ1) is 23.3. The van der Waals surface area contributed by atoms with Gasteiger partial charge in [-0.3, -0.25) is 29.8 Å². The fraction of sp³-hybridized carbons (Fsp3) is 0.417. The van der Waals surface area contributed by atoms with Crippen molar-refractivity contribution in [2.45, 2.75) is 45.7 Å². The molecule has 0 heterocycles. The highest BCUT2D eigenvalue weighted by Crippen LogP contribution is 2.65. The van der Waals surface area contributed by atoms with E-state index in [2.05, 4.69) is 31.4 Å². The largest absolute Gasteiger partial charge is 0.347 e. The molecule has 178 valence electrons. The summed E-state index contributed by atoms with van der Waals surface area (Å²) in [5.74, 6) is -0.595. The summed E-state index contributed by atoms with van der Waals surface area (Å²) in [6.07, 6.45) is 1.79. The number of hydrogen-bond acceptors (Lipinski definition) is 6. The first-order chi connectivity index (χ1) is 16.0. The number of hydrogen-bond donors (Lipinski definition) is 2.